The smallest absolute Gasteiger partial charge is 0.414 e. The first-order valence-electron chi connectivity index (χ1n) is 9.70. The van der Waals surface area contributed by atoms with Gasteiger partial charge in [0.2, 0.25) is 0 Å². The zero-order valence-electron chi connectivity index (χ0n) is 18.4. The van der Waals surface area contributed by atoms with Crippen molar-refractivity contribution < 1.29 is 24.2 Å². The molecule has 29 heavy (non-hydrogen) atoms. The molecule has 0 radical (unpaired) electrons. The van der Waals surface area contributed by atoms with Crippen LogP contribution in [-0.4, -0.2) is 53.0 Å². The van der Waals surface area contributed by atoms with Gasteiger partial charge in [0.05, 0.1) is 5.69 Å². The largest absolute Gasteiger partial charge is 0.506 e. The van der Waals surface area contributed by atoms with Crippen molar-refractivity contribution in [2.75, 3.05) is 24.5 Å². The average Bonchev–Trinajstić information content (AvgIpc) is 2.53. The normalized spacial score (nSPS) is 11.7. The molecule has 0 saturated heterocycles. The van der Waals surface area contributed by atoms with E-state index in [0.29, 0.717) is 11.6 Å². The molecule has 0 unspecified atom stereocenters. The summed E-state index contributed by atoms with van der Waals surface area (Å²) in [7, 11) is 0. The van der Waals surface area contributed by atoms with Crippen LogP contribution in [0.4, 0.5) is 15.3 Å². The highest BCUT2D eigenvalue weighted by molar-refractivity contribution is 6.31. The number of nitrogens with zero attached hydrogens (tertiary/aromatic N) is 2. The zero-order valence-corrected chi connectivity index (χ0v) is 19.2. The summed E-state index contributed by atoms with van der Waals surface area (Å²) < 4.78 is 10.9. The second-order valence-corrected chi connectivity index (χ2v) is 9.17. The summed E-state index contributed by atoms with van der Waals surface area (Å²) in [6.07, 6.45) is -0.372. The van der Waals surface area contributed by atoms with Gasteiger partial charge in [-0.25, -0.2) is 9.59 Å². The quantitative estimate of drug-likeness (QED) is 0.653. The summed E-state index contributed by atoms with van der Waals surface area (Å²) in [5.41, 5.74) is -1.14. The van der Waals surface area contributed by atoms with Gasteiger partial charge in [0.25, 0.3) is 0 Å². The highest BCUT2D eigenvalue weighted by Crippen LogP contribution is 2.31. The van der Waals surface area contributed by atoms with Crippen molar-refractivity contribution in [3.63, 3.8) is 0 Å². The number of rotatable bonds is 6. The molecule has 0 spiro atoms. The number of benzene rings is 1. The second-order valence-electron chi connectivity index (χ2n) is 8.73. The molecule has 0 aliphatic carbocycles. The number of phenols is 1. The van der Waals surface area contributed by atoms with E-state index in [1.54, 1.807) is 41.5 Å². The van der Waals surface area contributed by atoms with Crippen LogP contribution in [0.25, 0.3) is 0 Å². The topological polar surface area (TPSA) is 79.3 Å². The maximum absolute atomic E-state index is 12.8. The molecule has 0 aromatic heterocycles. The van der Waals surface area contributed by atoms with Gasteiger partial charge in [0, 0.05) is 24.7 Å². The van der Waals surface area contributed by atoms with Crippen molar-refractivity contribution in [3.8, 4) is 5.75 Å². The highest BCUT2D eigenvalue weighted by atomic mass is 35.5. The molecule has 1 aromatic rings. The predicted molar refractivity (Wildman–Crippen MR) is 115 cm³/mol. The number of amides is 2. The van der Waals surface area contributed by atoms with Gasteiger partial charge in [0.1, 0.15) is 17.0 Å². The van der Waals surface area contributed by atoms with Crippen LogP contribution in [0.15, 0.2) is 18.2 Å². The third-order valence-corrected chi connectivity index (χ3v) is 3.82. The van der Waals surface area contributed by atoms with Gasteiger partial charge in [0.15, 0.2) is 0 Å². The van der Waals surface area contributed by atoms with E-state index in [0.717, 1.165) is 6.42 Å². The lowest BCUT2D eigenvalue weighted by molar-refractivity contribution is 0.0248. The molecular formula is C21H33ClN2O5. The van der Waals surface area contributed by atoms with Crippen LogP contribution < -0.4 is 4.90 Å². The minimum absolute atomic E-state index is 0.0993. The molecule has 0 aliphatic rings. The number of carbonyl (C=O) groups is 2. The first-order valence-corrected chi connectivity index (χ1v) is 10.1. The molecule has 7 nitrogen and oxygen atoms in total. The molecule has 0 atom stereocenters. The number of aromatic hydroxyl groups is 1. The lowest BCUT2D eigenvalue weighted by Gasteiger charge is -2.31. The fraction of sp³-hybridized carbons (Fsp3) is 0.619. The lowest BCUT2D eigenvalue weighted by Crippen LogP contribution is -2.45. The SMILES string of the molecule is CCCN(CCN(C(=O)OC(C)(C)C)c1cc(Cl)ccc1O)C(=O)OC(C)(C)C. The molecule has 1 aromatic carbocycles. The van der Waals surface area contributed by atoms with Gasteiger partial charge in [-0.3, -0.25) is 4.90 Å². The molecule has 8 heteroatoms. The highest BCUT2D eigenvalue weighted by Gasteiger charge is 2.28. The summed E-state index contributed by atoms with van der Waals surface area (Å²) in [4.78, 5) is 28.1. The van der Waals surface area contributed by atoms with Crippen molar-refractivity contribution in [1.82, 2.24) is 4.90 Å². The Morgan fingerprint density at radius 2 is 1.52 bits per heavy atom. The summed E-state index contributed by atoms with van der Waals surface area (Å²) >= 11 is 6.06. The number of carbonyl (C=O) groups excluding carboxylic acids is 2. The van der Waals surface area contributed by atoms with Crippen LogP contribution in [-0.2, 0) is 9.47 Å². The Morgan fingerprint density at radius 1 is 0.966 bits per heavy atom. The van der Waals surface area contributed by atoms with E-state index >= 15 is 0 Å². The summed E-state index contributed by atoms with van der Waals surface area (Å²) in [6.45, 7) is 13.4. The van der Waals surface area contributed by atoms with Crippen LogP contribution in [0, 0.1) is 0 Å². The molecule has 164 valence electrons. The average molecular weight is 429 g/mol. The summed E-state index contributed by atoms with van der Waals surface area (Å²) in [6, 6.07) is 4.42. The number of ether oxygens (including phenoxy) is 2. The fourth-order valence-electron chi connectivity index (χ4n) is 2.45. The third kappa shape index (κ3) is 8.81. The molecule has 0 aliphatic heterocycles. The first-order chi connectivity index (χ1) is 13.2. The molecule has 0 saturated carbocycles. The minimum Gasteiger partial charge on any atom is -0.506 e. The molecular weight excluding hydrogens is 396 g/mol. The maximum Gasteiger partial charge on any atom is 0.414 e. The van der Waals surface area contributed by atoms with Crippen LogP contribution in [0.1, 0.15) is 54.9 Å². The molecule has 0 bridgehead atoms. The molecule has 1 N–H and O–H groups in total. The lowest BCUT2D eigenvalue weighted by atomic mass is 10.2. The summed E-state index contributed by atoms with van der Waals surface area (Å²) in [5, 5.41) is 10.6. The monoisotopic (exact) mass is 428 g/mol. The van der Waals surface area contributed by atoms with Gasteiger partial charge >= 0.3 is 12.2 Å². The fourth-order valence-corrected chi connectivity index (χ4v) is 2.62. The van der Waals surface area contributed by atoms with Crippen molar-refractivity contribution >= 4 is 29.5 Å². The number of hydrogen-bond acceptors (Lipinski definition) is 5. The molecule has 0 fully saturated rings. The summed E-state index contributed by atoms with van der Waals surface area (Å²) in [5.74, 6) is -0.112. The predicted octanol–water partition coefficient (Wildman–Crippen LogP) is 5.43. The Labute approximate surface area is 178 Å². The first kappa shape index (κ1) is 24.9. The number of anilines is 1. The van der Waals surface area contributed by atoms with E-state index in [9.17, 15) is 14.7 Å². The van der Waals surface area contributed by atoms with Gasteiger partial charge in [-0.05, 0) is 66.2 Å². The van der Waals surface area contributed by atoms with Gasteiger partial charge in [-0.15, -0.1) is 0 Å². The van der Waals surface area contributed by atoms with E-state index in [4.69, 9.17) is 21.1 Å². The van der Waals surface area contributed by atoms with Crippen LogP contribution in [0.5, 0.6) is 5.75 Å². The van der Waals surface area contributed by atoms with E-state index < -0.39 is 23.4 Å². The molecule has 0 heterocycles. The Morgan fingerprint density at radius 3 is 2.03 bits per heavy atom. The zero-order chi connectivity index (χ0) is 22.4. The number of phenolic OH excluding ortho intramolecular Hbond substituents is 1. The van der Waals surface area contributed by atoms with E-state index in [-0.39, 0.29) is 24.5 Å². The maximum atomic E-state index is 12.8. The Balaban J connectivity index is 3.11. The molecule has 1 rings (SSSR count). The van der Waals surface area contributed by atoms with Crippen LogP contribution in [0.2, 0.25) is 5.02 Å². The van der Waals surface area contributed by atoms with Gasteiger partial charge in [-0.1, -0.05) is 18.5 Å². The minimum atomic E-state index is -0.724. The van der Waals surface area contributed by atoms with Crippen LogP contribution in [0.3, 0.4) is 0 Å². The van der Waals surface area contributed by atoms with Crippen molar-refractivity contribution in [2.24, 2.45) is 0 Å². The number of halogens is 1. The van der Waals surface area contributed by atoms with Crippen molar-refractivity contribution in [1.29, 1.82) is 0 Å². The van der Waals surface area contributed by atoms with Crippen LogP contribution >= 0.6 is 11.6 Å². The second kappa shape index (κ2) is 10.1. The van der Waals surface area contributed by atoms with E-state index in [2.05, 4.69) is 0 Å². The third-order valence-electron chi connectivity index (χ3n) is 3.58. The Hall–Kier alpha value is -2.15. The van der Waals surface area contributed by atoms with E-state index in [1.807, 2.05) is 6.92 Å². The van der Waals surface area contributed by atoms with E-state index in [1.165, 1.54) is 28.0 Å². The number of hydrogen-bond donors (Lipinski definition) is 1. The molecule has 2 amide bonds. The van der Waals surface area contributed by atoms with Gasteiger partial charge in [-0.2, -0.15) is 0 Å². The Bertz CT molecular complexity index is 710. The van der Waals surface area contributed by atoms with Crippen molar-refractivity contribution in [2.45, 2.75) is 66.1 Å². The van der Waals surface area contributed by atoms with Crippen molar-refractivity contribution in [3.05, 3.63) is 23.2 Å². The Kier molecular flexibility index (Phi) is 8.63. The standard InChI is InChI=1S/C21H33ClN2O5/c1-8-11-23(18(26)28-20(2,3)4)12-13-24(19(27)29-21(5,6)7)16-14-15(22)9-10-17(16)25/h9-10,14,25H,8,11-13H2,1-7H3. The van der Waals surface area contributed by atoms with Gasteiger partial charge < -0.3 is 19.5 Å².